The van der Waals surface area contributed by atoms with Crippen LogP contribution in [-0.2, 0) is 14.8 Å². The molecule has 0 saturated carbocycles. The van der Waals surface area contributed by atoms with Gasteiger partial charge in [-0.3, -0.25) is 4.79 Å². The van der Waals surface area contributed by atoms with Crippen LogP contribution in [0.2, 0.25) is 0 Å². The van der Waals surface area contributed by atoms with Crippen molar-refractivity contribution in [3.05, 3.63) is 46.4 Å². The number of carbonyl (C=O) groups is 1. The third-order valence-electron chi connectivity index (χ3n) is 5.01. The Morgan fingerprint density at radius 2 is 1.97 bits per heavy atom. The Morgan fingerprint density at radius 3 is 2.67 bits per heavy atom. The molecule has 1 aliphatic heterocycles. The standard InChI is InChI=1S/C20H22N4O3S3/c1-13-18(29-14(2)21-13)17-12-28-20(22-17)23-19(25)15-7-6-10-24(11-15)30(26,27)16-8-4-3-5-9-16/h3-5,8-9,12,15H,6-7,10-11H2,1-2H3,(H,22,23,25). The van der Waals surface area contributed by atoms with Gasteiger partial charge in [0, 0.05) is 18.5 Å². The Bertz CT molecular complexity index is 1160. The van der Waals surface area contributed by atoms with E-state index in [1.54, 1.807) is 41.7 Å². The second-order valence-corrected chi connectivity index (χ2v) is 11.2. The zero-order valence-electron chi connectivity index (χ0n) is 16.7. The third-order valence-corrected chi connectivity index (χ3v) is 8.74. The molecule has 1 aliphatic rings. The fourth-order valence-corrected chi connectivity index (χ4v) is 6.73. The number of benzene rings is 1. The molecule has 7 nitrogen and oxygen atoms in total. The first-order chi connectivity index (χ1) is 14.3. The molecule has 2 aromatic heterocycles. The van der Waals surface area contributed by atoms with E-state index < -0.39 is 15.9 Å². The van der Waals surface area contributed by atoms with Gasteiger partial charge < -0.3 is 5.32 Å². The molecular formula is C20H22N4O3S3. The lowest BCUT2D eigenvalue weighted by Gasteiger charge is -2.31. The highest BCUT2D eigenvalue weighted by Crippen LogP contribution is 2.32. The molecule has 1 N–H and O–H groups in total. The summed E-state index contributed by atoms with van der Waals surface area (Å²) in [5, 5.41) is 6.27. The summed E-state index contributed by atoms with van der Waals surface area (Å²) in [5.41, 5.74) is 1.73. The Hall–Kier alpha value is -2.14. The Kier molecular flexibility index (Phi) is 6.01. The zero-order valence-corrected chi connectivity index (χ0v) is 19.1. The molecule has 0 aliphatic carbocycles. The number of anilines is 1. The maximum Gasteiger partial charge on any atom is 0.243 e. The Morgan fingerprint density at radius 1 is 1.20 bits per heavy atom. The van der Waals surface area contributed by atoms with E-state index in [-0.39, 0.29) is 17.3 Å². The van der Waals surface area contributed by atoms with Gasteiger partial charge in [0.25, 0.3) is 0 Å². The molecule has 158 valence electrons. The van der Waals surface area contributed by atoms with Crippen LogP contribution in [0.3, 0.4) is 0 Å². The molecule has 1 amide bonds. The summed E-state index contributed by atoms with van der Waals surface area (Å²) < 4.78 is 27.2. The molecule has 3 heterocycles. The van der Waals surface area contributed by atoms with Crippen molar-refractivity contribution in [1.29, 1.82) is 0 Å². The summed E-state index contributed by atoms with van der Waals surface area (Å²) in [5.74, 6) is -0.599. The predicted molar refractivity (Wildman–Crippen MR) is 119 cm³/mol. The van der Waals surface area contributed by atoms with Gasteiger partial charge in [-0.25, -0.2) is 18.4 Å². The van der Waals surface area contributed by atoms with Crippen LogP contribution in [0.1, 0.15) is 23.5 Å². The van der Waals surface area contributed by atoms with E-state index in [2.05, 4.69) is 15.3 Å². The van der Waals surface area contributed by atoms with Crippen LogP contribution in [-0.4, -0.2) is 41.7 Å². The van der Waals surface area contributed by atoms with Gasteiger partial charge in [-0.05, 0) is 38.8 Å². The summed E-state index contributed by atoms with van der Waals surface area (Å²) in [6.45, 7) is 4.50. The first-order valence-corrected chi connectivity index (χ1v) is 12.7. The van der Waals surface area contributed by atoms with Crippen LogP contribution >= 0.6 is 22.7 Å². The van der Waals surface area contributed by atoms with Crippen molar-refractivity contribution in [2.75, 3.05) is 18.4 Å². The fourth-order valence-electron chi connectivity index (χ4n) is 3.53. The number of aromatic nitrogens is 2. The number of amides is 1. The van der Waals surface area contributed by atoms with Gasteiger partial charge in [-0.1, -0.05) is 18.2 Å². The highest BCUT2D eigenvalue weighted by molar-refractivity contribution is 7.89. The Balaban J connectivity index is 1.45. The van der Waals surface area contributed by atoms with E-state index in [4.69, 9.17) is 0 Å². The van der Waals surface area contributed by atoms with Gasteiger partial charge in [-0.15, -0.1) is 22.7 Å². The summed E-state index contributed by atoms with van der Waals surface area (Å²) in [6, 6.07) is 8.35. The van der Waals surface area contributed by atoms with Crippen molar-refractivity contribution in [2.24, 2.45) is 5.92 Å². The van der Waals surface area contributed by atoms with Crippen molar-refractivity contribution in [2.45, 2.75) is 31.6 Å². The predicted octanol–water partition coefficient (Wildman–Crippen LogP) is 3.92. The quantitative estimate of drug-likeness (QED) is 0.620. The number of rotatable bonds is 5. The molecule has 0 radical (unpaired) electrons. The first-order valence-electron chi connectivity index (χ1n) is 9.60. The number of nitrogens with zero attached hydrogens (tertiary/aromatic N) is 3. The van der Waals surface area contributed by atoms with Gasteiger partial charge in [0.05, 0.1) is 32.1 Å². The summed E-state index contributed by atoms with van der Waals surface area (Å²) >= 11 is 2.94. The minimum absolute atomic E-state index is 0.175. The lowest BCUT2D eigenvalue weighted by atomic mass is 9.99. The number of aryl methyl sites for hydroxylation is 2. The molecule has 1 saturated heterocycles. The monoisotopic (exact) mass is 462 g/mol. The van der Waals surface area contributed by atoms with Gasteiger partial charge in [-0.2, -0.15) is 4.31 Å². The van der Waals surface area contributed by atoms with Crippen LogP contribution < -0.4 is 5.32 Å². The van der Waals surface area contributed by atoms with E-state index in [1.165, 1.54) is 15.6 Å². The lowest BCUT2D eigenvalue weighted by Crippen LogP contribution is -2.43. The normalized spacial score (nSPS) is 17.7. The highest BCUT2D eigenvalue weighted by Gasteiger charge is 2.33. The van der Waals surface area contributed by atoms with Crippen LogP contribution in [0.15, 0.2) is 40.6 Å². The minimum atomic E-state index is -3.60. The maximum absolute atomic E-state index is 12.9. The van der Waals surface area contributed by atoms with Crippen LogP contribution in [0, 0.1) is 19.8 Å². The molecule has 1 atom stereocenters. The number of hydrogen-bond acceptors (Lipinski definition) is 7. The molecule has 3 aromatic rings. The number of thiazole rings is 2. The smallest absolute Gasteiger partial charge is 0.243 e. The Labute approximate surface area is 183 Å². The van der Waals surface area contributed by atoms with Crippen LogP contribution in [0.25, 0.3) is 10.6 Å². The summed E-state index contributed by atoms with van der Waals surface area (Å²) in [6.07, 6.45) is 1.30. The lowest BCUT2D eigenvalue weighted by molar-refractivity contribution is -0.120. The molecule has 1 unspecified atom stereocenters. The van der Waals surface area contributed by atoms with Crippen LogP contribution in [0.5, 0.6) is 0 Å². The summed E-state index contributed by atoms with van der Waals surface area (Å²) in [4.78, 5) is 23.0. The topological polar surface area (TPSA) is 92.3 Å². The zero-order chi connectivity index (χ0) is 21.3. The first kappa shape index (κ1) is 21.1. The van der Waals surface area contributed by atoms with E-state index in [1.807, 2.05) is 19.2 Å². The van der Waals surface area contributed by atoms with Gasteiger partial charge >= 0.3 is 0 Å². The number of sulfonamides is 1. The van der Waals surface area contributed by atoms with Crippen molar-refractivity contribution in [3.63, 3.8) is 0 Å². The van der Waals surface area contributed by atoms with Crippen molar-refractivity contribution >= 4 is 43.7 Å². The minimum Gasteiger partial charge on any atom is -0.302 e. The maximum atomic E-state index is 12.9. The van der Waals surface area contributed by atoms with Gasteiger partial charge in [0.2, 0.25) is 15.9 Å². The SMILES string of the molecule is Cc1nc(C)c(-c2csc(NC(=O)C3CCCN(S(=O)(=O)c4ccccc4)C3)n2)s1. The molecule has 4 rings (SSSR count). The largest absolute Gasteiger partial charge is 0.302 e. The molecule has 0 spiro atoms. The highest BCUT2D eigenvalue weighted by atomic mass is 32.2. The van der Waals surface area contributed by atoms with Gasteiger partial charge in [0.15, 0.2) is 5.13 Å². The number of hydrogen-bond donors (Lipinski definition) is 1. The number of nitrogens with one attached hydrogen (secondary N) is 1. The molecule has 30 heavy (non-hydrogen) atoms. The fraction of sp³-hybridized carbons (Fsp3) is 0.350. The second kappa shape index (κ2) is 8.54. The number of piperidine rings is 1. The van der Waals surface area contributed by atoms with Crippen molar-refractivity contribution in [1.82, 2.24) is 14.3 Å². The van der Waals surface area contributed by atoms with E-state index in [0.29, 0.717) is 24.5 Å². The molecule has 1 aromatic carbocycles. The summed E-state index contributed by atoms with van der Waals surface area (Å²) in [7, 11) is -3.60. The van der Waals surface area contributed by atoms with E-state index >= 15 is 0 Å². The third kappa shape index (κ3) is 4.31. The van der Waals surface area contributed by atoms with E-state index in [0.717, 1.165) is 21.3 Å². The number of carbonyl (C=O) groups excluding carboxylic acids is 1. The van der Waals surface area contributed by atoms with Crippen molar-refractivity contribution in [3.8, 4) is 10.6 Å². The van der Waals surface area contributed by atoms with E-state index in [9.17, 15) is 13.2 Å². The molecule has 10 heteroatoms. The second-order valence-electron chi connectivity index (χ2n) is 7.19. The molecule has 1 fully saturated rings. The average Bonchev–Trinajstić information content (AvgIpc) is 3.34. The van der Waals surface area contributed by atoms with Crippen molar-refractivity contribution < 1.29 is 13.2 Å². The molecule has 0 bridgehead atoms. The molecular weight excluding hydrogens is 440 g/mol. The average molecular weight is 463 g/mol. The van der Waals surface area contributed by atoms with Crippen LogP contribution in [0.4, 0.5) is 5.13 Å². The van der Waals surface area contributed by atoms with Gasteiger partial charge in [0.1, 0.15) is 0 Å².